The molecular formula is C19H30N2O4. The number of rotatable bonds is 8. The van der Waals surface area contributed by atoms with E-state index in [1.54, 1.807) is 26.4 Å². The van der Waals surface area contributed by atoms with Gasteiger partial charge in [-0.15, -0.1) is 0 Å². The lowest BCUT2D eigenvalue weighted by Gasteiger charge is -2.33. The quantitative estimate of drug-likeness (QED) is 0.731. The summed E-state index contributed by atoms with van der Waals surface area (Å²) in [4.78, 5) is 15.0. The summed E-state index contributed by atoms with van der Waals surface area (Å²) in [5, 5.41) is 2.97. The van der Waals surface area contributed by atoms with Gasteiger partial charge in [0.25, 0.3) is 5.91 Å². The lowest BCUT2D eigenvalue weighted by Crippen LogP contribution is -2.39. The predicted molar refractivity (Wildman–Crippen MR) is 97.9 cm³/mol. The lowest BCUT2D eigenvalue weighted by atomic mass is 10.0. The topological polar surface area (TPSA) is 60.0 Å². The monoisotopic (exact) mass is 350 g/mol. The number of hydrogen-bond donors (Lipinski definition) is 1. The van der Waals surface area contributed by atoms with Crippen molar-refractivity contribution in [1.29, 1.82) is 0 Å². The molecule has 0 aromatic heterocycles. The standard InChI is InChI=1S/C19H30N2O4/c1-14-8-5-6-10-21(14)11-7-9-20-19(22)15-12-17(24-3)18(25-4)13-16(15)23-2/h12-14H,5-11H2,1-4H3,(H,20,22)/t14-/m0/s1. The van der Waals surface area contributed by atoms with Crippen LogP contribution in [0.1, 0.15) is 43.0 Å². The smallest absolute Gasteiger partial charge is 0.255 e. The van der Waals surface area contributed by atoms with E-state index in [0.717, 1.165) is 13.0 Å². The summed E-state index contributed by atoms with van der Waals surface area (Å²) in [5.41, 5.74) is 0.450. The van der Waals surface area contributed by atoms with Crippen molar-refractivity contribution >= 4 is 5.91 Å². The average molecular weight is 350 g/mol. The summed E-state index contributed by atoms with van der Waals surface area (Å²) in [5.74, 6) is 1.36. The molecule has 0 radical (unpaired) electrons. The molecule has 1 aromatic carbocycles. The van der Waals surface area contributed by atoms with E-state index in [1.807, 2.05) is 0 Å². The molecule has 1 atom stereocenters. The highest BCUT2D eigenvalue weighted by Gasteiger charge is 2.19. The molecular weight excluding hydrogens is 320 g/mol. The van der Waals surface area contributed by atoms with Gasteiger partial charge in [0.15, 0.2) is 11.5 Å². The first-order chi connectivity index (χ1) is 12.1. The second-order valence-electron chi connectivity index (χ2n) is 6.40. The Balaban J connectivity index is 1.91. The Morgan fingerprint density at radius 1 is 1.12 bits per heavy atom. The molecule has 0 saturated carbocycles. The van der Waals surface area contributed by atoms with Gasteiger partial charge >= 0.3 is 0 Å². The minimum absolute atomic E-state index is 0.163. The van der Waals surface area contributed by atoms with Crippen LogP contribution >= 0.6 is 0 Å². The zero-order chi connectivity index (χ0) is 18.2. The van der Waals surface area contributed by atoms with Crippen molar-refractivity contribution in [3.05, 3.63) is 17.7 Å². The van der Waals surface area contributed by atoms with Gasteiger partial charge in [-0.25, -0.2) is 0 Å². The molecule has 1 aliphatic heterocycles. The van der Waals surface area contributed by atoms with E-state index < -0.39 is 0 Å². The van der Waals surface area contributed by atoms with Crippen LogP contribution in [0.25, 0.3) is 0 Å². The number of nitrogens with one attached hydrogen (secondary N) is 1. The maximum absolute atomic E-state index is 12.5. The summed E-state index contributed by atoms with van der Waals surface area (Å²) in [6.07, 6.45) is 4.81. The highest BCUT2D eigenvalue weighted by molar-refractivity contribution is 5.97. The van der Waals surface area contributed by atoms with E-state index in [0.29, 0.717) is 35.4 Å². The van der Waals surface area contributed by atoms with Crippen molar-refractivity contribution in [2.75, 3.05) is 41.0 Å². The molecule has 25 heavy (non-hydrogen) atoms. The van der Waals surface area contributed by atoms with Gasteiger partial charge in [-0.05, 0) is 32.7 Å². The number of methoxy groups -OCH3 is 3. The van der Waals surface area contributed by atoms with Gasteiger partial charge < -0.3 is 24.4 Å². The van der Waals surface area contributed by atoms with Crippen LogP contribution in [-0.2, 0) is 0 Å². The van der Waals surface area contributed by atoms with Gasteiger partial charge in [-0.1, -0.05) is 6.42 Å². The van der Waals surface area contributed by atoms with Gasteiger partial charge in [0.05, 0.1) is 26.9 Å². The molecule has 1 aromatic rings. The third-order valence-electron chi connectivity index (χ3n) is 4.80. The first kappa shape index (κ1) is 19.4. The minimum Gasteiger partial charge on any atom is -0.496 e. The Morgan fingerprint density at radius 2 is 1.80 bits per heavy atom. The van der Waals surface area contributed by atoms with Gasteiger partial charge in [0.1, 0.15) is 5.75 Å². The number of amides is 1. The van der Waals surface area contributed by atoms with Gasteiger partial charge in [0.2, 0.25) is 0 Å². The van der Waals surface area contributed by atoms with E-state index in [2.05, 4.69) is 17.1 Å². The molecule has 6 heteroatoms. The van der Waals surface area contributed by atoms with Crippen molar-refractivity contribution in [1.82, 2.24) is 10.2 Å². The third kappa shape index (κ3) is 5.01. The second-order valence-corrected chi connectivity index (χ2v) is 6.40. The number of ether oxygens (including phenoxy) is 3. The van der Waals surface area contributed by atoms with Crippen LogP contribution < -0.4 is 19.5 Å². The summed E-state index contributed by atoms with van der Waals surface area (Å²) >= 11 is 0. The molecule has 0 unspecified atom stereocenters. The van der Waals surface area contributed by atoms with E-state index in [-0.39, 0.29) is 5.91 Å². The molecule has 140 valence electrons. The highest BCUT2D eigenvalue weighted by atomic mass is 16.5. The number of nitrogens with zero attached hydrogens (tertiary/aromatic N) is 1. The number of carbonyl (C=O) groups is 1. The van der Waals surface area contributed by atoms with Crippen LogP contribution in [-0.4, -0.2) is 57.8 Å². The van der Waals surface area contributed by atoms with Crippen LogP contribution in [0.5, 0.6) is 17.2 Å². The van der Waals surface area contributed by atoms with Crippen molar-refractivity contribution in [3.63, 3.8) is 0 Å². The first-order valence-electron chi connectivity index (χ1n) is 8.93. The van der Waals surface area contributed by atoms with Crippen LogP contribution in [0.15, 0.2) is 12.1 Å². The Kier molecular flexibility index (Phi) is 7.37. The summed E-state index contributed by atoms with van der Waals surface area (Å²) in [6, 6.07) is 3.97. The van der Waals surface area contributed by atoms with Crippen molar-refractivity contribution in [3.8, 4) is 17.2 Å². The Labute approximate surface area is 150 Å². The van der Waals surface area contributed by atoms with Crippen LogP contribution in [0.4, 0.5) is 0 Å². The minimum atomic E-state index is -0.163. The number of carbonyl (C=O) groups excluding carboxylic acids is 1. The summed E-state index contributed by atoms with van der Waals surface area (Å²) in [7, 11) is 4.64. The summed E-state index contributed by atoms with van der Waals surface area (Å²) < 4.78 is 15.8. The van der Waals surface area contributed by atoms with E-state index in [1.165, 1.54) is 32.9 Å². The molecule has 6 nitrogen and oxygen atoms in total. The fourth-order valence-corrected chi connectivity index (χ4v) is 3.28. The molecule has 1 saturated heterocycles. The SMILES string of the molecule is COc1cc(OC)c(C(=O)NCCCN2CCCC[C@@H]2C)cc1OC. The maximum Gasteiger partial charge on any atom is 0.255 e. The molecule has 0 bridgehead atoms. The molecule has 1 aliphatic rings. The average Bonchev–Trinajstić information content (AvgIpc) is 2.65. The number of hydrogen-bond acceptors (Lipinski definition) is 5. The fraction of sp³-hybridized carbons (Fsp3) is 0.632. The van der Waals surface area contributed by atoms with E-state index in [4.69, 9.17) is 14.2 Å². The summed E-state index contributed by atoms with van der Waals surface area (Å²) in [6.45, 7) is 5.11. The first-order valence-corrected chi connectivity index (χ1v) is 8.93. The second kappa shape index (κ2) is 9.51. The zero-order valence-electron chi connectivity index (χ0n) is 15.8. The van der Waals surface area contributed by atoms with Gasteiger partial charge in [-0.3, -0.25) is 4.79 Å². The Hall–Kier alpha value is -1.95. The van der Waals surface area contributed by atoms with E-state index >= 15 is 0 Å². The van der Waals surface area contributed by atoms with E-state index in [9.17, 15) is 4.79 Å². The third-order valence-corrected chi connectivity index (χ3v) is 4.80. The zero-order valence-corrected chi connectivity index (χ0v) is 15.8. The highest BCUT2D eigenvalue weighted by Crippen LogP contribution is 2.34. The molecule has 1 N–H and O–H groups in total. The largest absolute Gasteiger partial charge is 0.496 e. The molecule has 0 spiro atoms. The van der Waals surface area contributed by atoms with Crippen LogP contribution in [0.3, 0.4) is 0 Å². The normalized spacial score (nSPS) is 17.8. The predicted octanol–water partition coefficient (Wildman–Crippen LogP) is 2.71. The fourth-order valence-electron chi connectivity index (χ4n) is 3.28. The molecule has 1 amide bonds. The Bertz CT molecular complexity index is 577. The number of benzene rings is 1. The van der Waals surface area contributed by atoms with Crippen LogP contribution in [0.2, 0.25) is 0 Å². The Morgan fingerprint density at radius 3 is 2.44 bits per heavy atom. The van der Waals surface area contributed by atoms with Gasteiger partial charge in [0, 0.05) is 31.3 Å². The molecule has 1 fully saturated rings. The lowest BCUT2D eigenvalue weighted by molar-refractivity contribution is 0.0945. The maximum atomic E-state index is 12.5. The van der Waals surface area contributed by atoms with Crippen LogP contribution in [0, 0.1) is 0 Å². The van der Waals surface area contributed by atoms with Crippen molar-refractivity contribution < 1.29 is 19.0 Å². The van der Waals surface area contributed by atoms with Crippen molar-refractivity contribution in [2.24, 2.45) is 0 Å². The molecule has 2 rings (SSSR count). The molecule has 1 heterocycles. The molecule has 0 aliphatic carbocycles. The number of likely N-dealkylation sites (tertiary alicyclic amines) is 1. The van der Waals surface area contributed by atoms with Crippen molar-refractivity contribution in [2.45, 2.75) is 38.6 Å². The number of piperidine rings is 1. The van der Waals surface area contributed by atoms with Gasteiger partial charge in [-0.2, -0.15) is 0 Å².